The number of anilines is 1. The number of benzene rings is 1. The highest BCUT2D eigenvalue weighted by Crippen LogP contribution is 2.17. The zero-order valence-corrected chi connectivity index (χ0v) is 10.2. The van der Waals surface area contributed by atoms with Gasteiger partial charge in [-0.3, -0.25) is 14.5 Å². The van der Waals surface area contributed by atoms with Gasteiger partial charge in [0.2, 0.25) is 0 Å². The molecule has 1 aromatic rings. The molecule has 0 saturated heterocycles. The number of amides is 2. The Morgan fingerprint density at radius 3 is 2.37 bits per heavy atom. The minimum atomic E-state index is -1.02. The summed E-state index contributed by atoms with van der Waals surface area (Å²) in [6.45, 7) is 2.03. The van der Waals surface area contributed by atoms with Crippen molar-refractivity contribution in [1.82, 2.24) is 4.90 Å². The number of rotatable bonds is 4. The lowest BCUT2D eigenvalue weighted by atomic mass is 10.2. The summed E-state index contributed by atoms with van der Waals surface area (Å²) >= 11 is 0. The minimum absolute atomic E-state index is 0.156. The van der Waals surface area contributed by atoms with E-state index in [4.69, 9.17) is 5.11 Å². The van der Waals surface area contributed by atoms with Gasteiger partial charge in [0.05, 0.1) is 5.56 Å². The molecule has 1 aliphatic rings. The summed E-state index contributed by atoms with van der Waals surface area (Å²) in [4.78, 5) is 35.1. The molecule has 0 radical (unpaired) electrons. The van der Waals surface area contributed by atoms with Gasteiger partial charge in [0, 0.05) is 18.3 Å². The predicted molar refractivity (Wildman–Crippen MR) is 67.5 cm³/mol. The summed E-state index contributed by atoms with van der Waals surface area (Å²) in [5.74, 6) is -1.75. The SMILES string of the molecule is CCN1C(=O)C=C(Nc2ccc(C(=O)O)cc2)C1=O. The second-order valence-electron chi connectivity index (χ2n) is 3.95. The highest BCUT2D eigenvalue weighted by Gasteiger charge is 2.29. The van der Waals surface area contributed by atoms with Crippen molar-refractivity contribution in [3.05, 3.63) is 41.6 Å². The first kappa shape index (κ1) is 12.8. The molecule has 1 aliphatic heterocycles. The van der Waals surface area contributed by atoms with Crippen LogP contribution >= 0.6 is 0 Å². The summed E-state index contributed by atoms with van der Waals surface area (Å²) in [5.41, 5.74) is 0.897. The van der Waals surface area contributed by atoms with Gasteiger partial charge in [0.1, 0.15) is 5.70 Å². The number of hydrogen-bond donors (Lipinski definition) is 2. The average molecular weight is 260 g/mol. The molecule has 1 aromatic carbocycles. The van der Waals surface area contributed by atoms with E-state index in [0.29, 0.717) is 12.2 Å². The molecule has 0 saturated carbocycles. The van der Waals surface area contributed by atoms with Crippen molar-refractivity contribution < 1.29 is 19.5 Å². The van der Waals surface area contributed by atoms with Crippen LogP contribution in [0.25, 0.3) is 0 Å². The number of nitrogens with one attached hydrogen (secondary N) is 1. The lowest BCUT2D eigenvalue weighted by Gasteiger charge is -2.12. The van der Waals surface area contributed by atoms with E-state index in [1.54, 1.807) is 6.92 Å². The number of carbonyl (C=O) groups is 3. The van der Waals surface area contributed by atoms with Crippen LogP contribution in [0.1, 0.15) is 17.3 Å². The van der Waals surface area contributed by atoms with Gasteiger partial charge in [-0.2, -0.15) is 0 Å². The highest BCUT2D eigenvalue weighted by molar-refractivity contribution is 6.17. The first-order chi connectivity index (χ1) is 9.02. The Kier molecular flexibility index (Phi) is 3.33. The van der Waals surface area contributed by atoms with Crippen molar-refractivity contribution in [2.24, 2.45) is 0 Å². The maximum absolute atomic E-state index is 11.8. The number of nitrogens with zero attached hydrogens (tertiary/aromatic N) is 1. The third-order valence-electron chi connectivity index (χ3n) is 2.74. The van der Waals surface area contributed by atoms with E-state index in [-0.39, 0.29) is 23.1 Å². The fourth-order valence-electron chi connectivity index (χ4n) is 1.75. The zero-order chi connectivity index (χ0) is 14.0. The number of hydrogen-bond acceptors (Lipinski definition) is 4. The fourth-order valence-corrected chi connectivity index (χ4v) is 1.75. The van der Waals surface area contributed by atoms with Crippen LogP contribution in [0, 0.1) is 0 Å². The Hall–Kier alpha value is -2.63. The molecule has 2 rings (SSSR count). The van der Waals surface area contributed by atoms with Gasteiger partial charge >= 0.3 is 5.97 Å². The highest BCUT2D eigenvalue weighted by atomic mass is 16.4. The van der Waals surface area contributed by atoms with Crippen LogP contribution in [-0.2, 0) is 9.59 Å². The van der Waals surface area contributed by atoms with E-state index in [0.717, 1.165) is 4.90 Å². The third kappa shape index (κ3) is 2.47. The molecule has 0 bridgehead atoms. The van der Waals surface area contributed by atoms with Crippen LogP contribution in [0.4, 0.5) is 5.69 Å². The molecule has 1 heterocycles. The maximum atomic E-state index is 11.8. The zero-order valence-electron chi connectivity index (χ0n) is 10.2. The van der Waals surface area contributed by atoms with E-state index in [1.165, 1.54) is 30.3 Å². The summed E-state index contributed by atoms with van der Waals surface area (Å²) in [5, 5.41) is 11.6. The molecule has 19 heavy (non-hydrogen) atoms. The van der Waals surface area contributed by atoms with Crippen molar-refractivity contribution in [2.45, 2.75) is 6.92 Å². The Morgan fingerprint density at radius 1 is 1.26 bits per heavy atom. The Morgan fingerprint density at radius 2 is 1.89 bits per heavy atom. The van der Waals surface area contributed by atoms with Crippen molar-refractivity contribution in [3.8, 4) is 0 Å². The molecule has 0 unspecified atom stereocenters. The predicted octanol–water partition coefficient (Wildman–Crippen LogP) is 1.07. The monoisotopic (exact) mass is 260 g/mol. The summed E-state index contributed by atoms with van der Waals surface area (Å²) in [6.07, 6.45) is 1.23. The lowest BCUT2D eigenvalue weighted by molar-refractivity contribution is -0.136. The van der Waals surface area contributed by atoms with Crippen LogP contribution in [0.5, 0.6) is 0 Å². The van der Waals surface area contributed by atoms with Gasteiger partial charge in [-0.25, -0.2) is 4.79 Å². The van der Waals surface area contributed by atoms with E-state index in [2.05, 4.69) is 5.32 Å². The van der Waals surface area contributed by atoms with Gasteiger partial charge in [0.15, 0.2) is 0 Å². The van der Waals surface area contributed by atoms with Crippen molar-refractivity contribution in [3.63, 3.8) is 0 Å². The lowest BCUT2D eigenvalue weighted by Crippen LogP contribution is -2.31. The molecular weight excluding hydrogens is 248 g/mol. The maximum Gasteiger partial charge on any atom is 0.335 e. The molecule has 6 heteroatoms. The largest absolute Gasteiger partial charge is 0.478 e. The number of carboxylic acid groups (broad SMARTS) is 1. The molecular formula is C13H12N2O4. The number of carbonyl (C=O) groups excluding carboxylic acids is 2. The van der Waals surface area contributed by atoms with Crippen molar-refractivity contribution >= 4 is 23.5 Å². The molecule has 0 atom stereocenters. The standard InChI is InChI=1S/C13H12N2O4/c1-2-15-11(16)7-10(12(15)17)14-9-5-3-8(4-6-9)13(18)19/h3-7,14H,2H2,1H3,(H,18,19). The minimum Gasteiger partial charge on any atom is -0.478 e. The normalized spacial score (nSPS) is 14.6. The topological polar surface area (TPSA) is 86.7 Å². The first-order valence-electron chi connectivity index (χ1n) is 5.71. The molecule has 0 spiro atoms. The van der Waals surface area contributed by atoms with Crippen LogP contribution in [-0.4, -0.2) is 34.3 Å². The molecule has 2 amide bonds. The van der Waals surface area contributed by atoms with E-state index in [9.17, 15) is 14.4 Å². The summed E-state index contributed by atoms with van der Waals surface area (Å²) < 4.78 is 0. The number of carboxylic acids is 1. The second kappa shape index (κ2) is 4.93. The first-order valence-corrected chi connectivity index (χ1v) is 5.71. The van der Waals surface area contributed by atoms with Crippen molar-refractivity contribution in [1.29, 1.82) is 0 Å². The van der Waals surface area contributed by atoms with Crippen LogP contribution in [0.15, 0.2) is 36.0 Å². The van der Waals surface area contributed by atoms with E-state index >= 15 is 0 Å². The molecule has 0 aliphatic carbocycles. The molecule has 98 valence electrons. The quantitative estimate of drug-likeness (QED) is 0.791. The van der Waals surface area contributed by atoms with Gasteiger partial charge in [-0.1, -0.05) is 0 Å². The smallest absolute Gasteiger partial charge is 0.335 e. The molecule has 0 aromatic heterocycles. The van der Waals surface area contributed by atoms with Crippen LogP contribution in [0.2, 0.25) is 0 Å². The van der Waals surface area contributed by atoms with E-state index < -0.39 is 5.97 Å². The van der Waals surface area contributed by atoms with E-state index in [1.807, 2.05) is 0 Å². The third-order valence-corrected chi connectivity index (χ3v) is 2.74. The van der Waals surface area contributed by atoms with Gasteiger partial charge < -0.3 is 10.4 Å². The fraction of sp³-hybridized carbons (Fsp3) is 0.154. The molecule has 0 fully saturated rings. The number of likely N-dealkylation sites (N-methyl/N-ethyl adjacent to an activating group) is 1. The molecule has 6 nitrogen and oxygen atoms in total. The van der Waals surface area contributed by atoms with Crippen LogP contribution < -0.4 is 5.32 Å². The Balaban J connectivity index is 2.14. The van der Waals surface area contributed by atoms with Gasteiger partial charge in [0.25, 0.3) is 11.8 Å². The van der Waals surface area contributed by atoms with Gasteiger partial charge in [-0.15, -0.1) is 0 Å². The number of aromatic carboxylic acids is 1. The average Bonchev–Trinajstić information content (AvgIpc) is 2.64. The Labute approximate surface area is 109 Å². The number of imide groups is 1. The Bertz CT molecular complexity index is 575. The van der Waals surface area contributed by atoms with Crippen molar-refractivity contribution in [2.75, 3.05) is 11.9 Å². The molecule has 2 N–H and O–H groups in total. The van der Waals surface area contributed by atoms with Gasteiger partial charge in [-0.05, 0) is 31.2 Å². The summed E-state index contributed by atoms with van der Waals surface area (Å²) in [7, 11) is 0. The summed E-state index contributed by atoms with van der Waals surface area (Å²) in [6, 6.07) is 5.92. The second-order valence-corrected chi connectivity index (χ2v) is 3.95. The van der Waals surface area contributed by atoms with Crippen LogP contribution in [0.3, 0.4) is 0 Å².